The topological polar surface area (TPSA) is 103 Å². The van der Waals surface area contributed by atoms with E-state index in [9.17, 15) is 13.2 Å². The third-order valence-electron chi connectivity index (χ3n) is 5.48. The fourth-order valence-electron chi connectivity index (χ4n) is 3.44. The van der Waals surface area contributed by atoms with Gasteiger partial charge in [0, 0.05) is 45.3 Å². The van der Waals surface area contributed by atoms with E-state index in [0.717, 1.165) is 37.1 Å². The largest absolute Gasteiger partial charge is 0.355 e. The summed E-state index contributed by atoms with van der Waals surface area (Å²) in [6.45, 7) is 2.18. The van der Waals surface area contributed by atoms with Crippen molar-refractivity contribution in [2.24, 2.45) is 10.9 Å². The molecule has 0 unspecified atom stereocenters. The Labute approximate surface area is 173 Å². The molecule has 3 N–H and O–H groups in total. The molecular weight excluding hydrogens is 390 g/mol. The molecule has 1 aliphatic heterocycles. The summed E-state index contributed by atoms with van der Waals surface area (Å²) in [5.74, 6) is 1.25. The summed E-state index contributed by atoms with van der Waals surface area (Å²) in [5, 5.41) is 6.22. The first-order chi connectivity index (χ1) is 14.0. The van der Waals surface area contributed by atoms with Crippen molar-refractivity contribution in [1.29, 1.82) is 0 Å². The fraction of sp³-hybridized carbons (Fsp3) is 0.600. The second-order valence-electron chi connectivity index (χ2n) is 7.63. The summed E-state index contributed by atoms with van der Waals surface area (Å²) in [5.41, 5.74) is 1.98. The summed E-state index contributed by atoms with van der Waals surface area (Å²) in [4.78, 5) is 17.8. The number of carbonyl (C=O) groups is 1. The van der Waals surface area contributed by atoms with Crippen LogP contribution in [-0.4, -0.2) is 52.7 Å². The number of rotatable bonds is 9. The smallest absolute Gasteiger partial charge is 0.227 e. The van der Waals surface area contributed by atoms with Gasteiger partial charge in [-0.1, -0.05) is 18.6 Å². The molecule has 160 valence electrons. The van der Waals surface area contributed by atoms with Gasteiger partial charge in [0.15, 0.2) is 5.96 Å². The average Bonchev–Trinajstić information content (AvgIpc) is 3.09. The summed E-state index contributed by atoms with van der Waals surface area (Å²) in [6, 6.07) is 7.87. The van der Waals surface area contributed by atoms with E-state index in [1.54, 1.807) is 7.05 Å². The van der Waals surface area contributed by atoms with Crippen LogP contribution in [0.4, 0.5) is 5.69 Å². The zero-order valence-electron chi connectivity index (χ0n) is 17.0. The average molecular weight is 422 g/mol. The number of nitrogens with zero attached hydrogens (tertiary/aromatic N) is 2. The Morgan fingerprint density at radius 3 is 2.52 bits per heavy atom. The number of carbonyl (C=O) groups excluding carboxylic acids is 1. The number of sulfonamides is 1. The van der Waals surface area contributed by atoms with Crippen LogP contribution >= 0.6 is 0 Å². The van der Waals surface area contributed by atoms with E-state index < -0.39 is 10.0 Å². The van der Waals surface area contributed by atoms with Crippen LogP contribution in [0.1, 0.15) is 37.7 Å². The molecule has 1 amide bonds. The highest BCUT2D eigenvalue weighted by Gasteiger charge is 2.21. The standard InChI is InChI=1S/C20H31N5O3S/c1-21-20(22-11-13-29(27,28)24-15-16-4-2-5-16)23-14-17-7-9-18(10-8-17)25-12-3-6-19(25)26/h7-10,16,24H,2-6,11-15H2,1H3,(H2,21,22,23). The second kappa shape index (κ2) is 10.1. The fourth-order valence-corrected chi connectivity index (χ4v) is 4.44. The number of amides is 1. The number of anilines is 1. The normalized spacial score (nSPS) is 18.0. The Morgan fingerprint density at radius 2 is 1.93 bits per heavy atom. The van der Waals surface area contributed by atoms with Gasteiger partial charge in [0.2, 0.25) is 15.9 Å². The van der Waals surface area contributed by atoms with Crippen molar-refractivity contribution in [3.05, 3.63) is 29.8 Å². The molecule has 29 heavy (non-hydrogen) atoms. The van der Waals surface area contributed by atoms with Crippen LogP contribution in [-0.2, 0) is 21.4 Å². The highest BCUT2D eigenvalue weighted by molar-refractivity contribution is 7.89. The highest BCUT2D eigenvalue weighted by Crippen LogP contribution is 2.25. The molecule has 2 aliphatic rings. The van der Waals surface area contributed by atoms with Crippen LogP contribution in [0, 0.1) is 5.92 Å². The first-order valence-corrected chi connectivity index (χ1v) is 11.9. The van der Waals surface area contributed by atoms with Gasteiger partial charge in [-0.15, -0.1) is 0 Å². The molecule has 1 heterocycles. The van der Waals surface area contributed by atoms with Gasteiger partial charge in [-0.25, -0.2) is 13.1 Å². The molecule has 0 spiro atoms. The van der Waals surface area contributed by atoms with Crippen molar-refractivity contribution in [2.45, 2.75) is 38.6 Å². The first-order valence-electron chi connectivity index (χ1n) is 10.3. The summed E-state index contributed by atoms with van der Waals surface area (Å²) in [6.07, 6.45) is 4.97. The minimum absolute atomic E-state index is 0.0129. The Balaban J connectivity index is 1.39. The third-order valence-corrected chi connectivity index (χ3v) is 6.83. The summed E-state index contributed by atoms with van der Waals surface area (Å²) >= 11 is 0. The van der Waals surface area contributed by atoms with Crippen LogP contribution in [0.2, 0.25) is 0 Å². The molecular formula is C20H31N5O3S. The molecule has 0 atom stereocenters. The van der Waals surface area contributed by atoms with Crippen molar-refractivity contribution in [2.75, 3.05) is 37.3 Å². The van der Waals surface area contributed by atoms with Crippen molar-refractivity contribution in [3.63, 3.8) is 0 Å². The second-order valence-corrected chi connectivity index (χ2v) is 9.56. The first kappa shape index (κ1) is 21.6. The lowest BCUT2D eigenvalue weighted by atomic mass is 9.86. The van der Waals surface area contributed by atoms with Gasteiger partial charge in [0.1, 0.15) is 0 Å². The minimum atomic E-state index is -3.27. The number of hydrogen-bond acceptors (Lipinski definition) is 4. The zero-order valence-corrected chi connectivity index (χ0v) is 17.8. The molecule has 8 nitrogen and oxygen atoms in total. The Bertz CT molecular complexity index is 819. The maximum absolute atomic E-state index is 12.0. The molecule has 3 rings (SSSR count). The van der Waals surface area contributed by atoms with Crippen LogP contribution in [0.15, 0.2) is 29.3 Å². The molecule has 1 aromatic rings. The van der Waals surface area contributed by atoms with Gasteiger partial charge < -0.3 is 15.5 Å². The number of hydrogen-bond donors (Lipinski definition) is 3. The van der Waals surface area contributed by atoms with Crippen LogP contribution in [0.5, 0.6) is 0 Å². The Hall–Kier alpha value is -2.13. The van der Waals surface area contributed by atoms with Gasteiger partial charge in [-0.2, -0.15) is 0 Å². The lowest BCUT2D eigenvalue weighted by molar-refractivity contribution is -0.117. The van der Waals surface area contributed by atoms with E-state index >= 15 is 0 Å². The third kappa shape index (κ3) is 6.43. The van der Waals surface area contributed by atoms with Crippen molar-refractivity contribution in [3.8, 4) is 0 Å². The molecule has 0 bridgehead atoms. The molecule has 2 fully saturated rings. The maximum Gasteiger partial charge on any atom is 0.227 e. The van der Waals surface area contributed by atoms with Gasteiger partial charge in [-0.3, -0.25) is 9.79 Å². The number of benzene rings is 1. The van der Waals surface area contributed by atoms with Crippen LogP contribution in [0.3, 0.4) is 0 Å². The van der Waals surface area contributed by atoms with Crippen molar-refractivity contribution < 1.29 is 13.2 Å². The van der Waals surface area contributed by atoms with E-state index in [-0.39, 0.29) is 18.2 Å². The predicted octanol–water partition coefficient (Wildman–Crippen LogP) is 1.20. The van der Waals surface area contributed by atoms with E-state index in [1.807, 2.05) is 29.2 Å². The Morgan fingerprint density at radius 1 is 1.17 bits per heavy atom. The monoisotopic (exact) mass is 421 g/mol. The lowest BCUT2D eigenvalue weighted by Crippen LogP contribution is -2.41. The van der Waals surface area contributed by atoms with Crippen molar-refractivity contribution >= 4 is 27.6 Å². The summed E-state index contributed by atoms with van der Waals surface area (Å²) in [7, 11) is -1.62. The molecule has 1 aromatic carbocycles. The summed E-state index contributed by atoms with van der Waals surface area (Å²) < 4.78 is 26.8. The van der Waals surface area contributed by atoms with Gasteiger partial charge in [0.25, 0.3) is 0 Å². The van der Waals surface area contributed by atoms with Crippen LogP contribution in [0.25, 0.3) is 0 Å². The molecule has 0 radical (unpaired) electrons. The molecule has 1 saturated carbocycles. The Kier molecular flexibility index (Phi) is 7.49. The SMILES string of the molecule is CN=C(NCCS(=O)(=O)NCC1CCC1)NCc1ccc(N2CCCC2=O)cc1. The van der Waals surface area contributed by atoms with E-state index in [2.05, 4.69) is 20.3 Å². The molecule has 1 aliphatic carbocycles. The van der Waals surface area contributed by atoms with Gasteiger partial charge in [0.05, 0.1) is 5.75 Å². The van der Waals surface area contributed by atoms with Gasteiger partial charge >= 0.3 is 0 Å². The number of guanidine groups is 1. The van der Waals surface area contributed by atoms with Crippen molar-refractivity contribution in [1.82, 2.24) is 15.4 Å². The van der Waals surface area contributed by atoms with E-state index in [4.69, 9.17) is 0 Å². The van der Waals surface area contributed by atoms with E-state index in [1.165, 1.54) is 6.42 Å². The molecule has 9 heteroatoms. The quantitative estimate of drug-likeness (QED) is 0.411. The predicted molar refractivity (Wildman–Crippen MR) is 115 cm³/mol. The maximum atomic E-state index is 12.0. The minimum Gasteiger partial charge on any atom is -0.355 e. The number of aliphatic imine (C=N–C) groups is 1. The lowest BCUT2D eigenvalue weighted by Gasteiger charge is -2.25. The van der Waals surface area contributed by atoms with E-state index in [0.29, 0.717) is 31.4 Å². The van der Waals surface area contributed by atoms with Gasteiger partial charge in [-0.05, 0) is 42.9 Å². The number of nitrogens with one attached hydrogen (secondary N) is 3. The molecule has 0 aromatic heterocycles. The zero-order chi connectivity index (χ0) is 20.7. The highest BCUT2D eigenvalue weighted by atomic mass is 32.2. The molecule has 1 saturated heterocycles. The van der Waals surface area contributed by atoms with Crippen LogP contribution < -0.4 is 20.3 Å².